The van der Waals surface area contributed by atoms with Gasteiger partial charge in [-0.2, -0.15) is 0 Å². The highest BCUT2D eigenvalue weighted by atomic mass is 16.1. The smallest absolute Gasteiger partial charge is 0.147 e. The van der Waals surface area contributed by atoms with Crippen molar-refractivity contribution in [2.24, 2.45) is 5.92 Å². The molecule has 1 aliphatic heterocycles. The van der Waals surface area contributed by atoms with E-state index in [9.17, 15) is 4.79 Å². The van der Waals surface area contributed by atoms with Gasteiger partial charge < -0.3 is 10.6 Å². The highest BCUT2D eigenvalue weighted by molar-refractivity contribution is 5.81. The van der Waals surface area contributed by atoms with E-state index in [1.165, 1.54) is 6.42 Å². The number of carbonyl (C=O) groups is 1. The molecule has 0 aromatic carbocycles. The Hall–Kier alpha value is -0.410. The van der Waals surface area contributed by atoms with Crippen LogP contribution in [0.2, 0.25) is 0 Å². The molecule has 1 heterocycles. The van der Waals surface area contributed by atoms with Crippen molar-refractivity contribution in [2.75, 3.05) is 20.1 Å². The van der Waals surface area contributed by atoms with Gasteiger partial charge in [0.05, 0.1) is 6.04 Å². The summed E-state index contributed by atoms with van der Waals surface area (Å²) in [6.45, 7) is 3.60. The van der Waals surface area contributed by atoms with Crippen LogP contribution in [-0.4, -0.2) is 32.0 Å². The zero-order valence-electron chi connectivity index (χ0n) is 7.89. The van der Waals surface area contributed by atoms with Gasteiger partial charge in [0.25, 0.3) is 0 Å². The fourth-order valence-corrected chi connectivity index (χ4v) is 1.91. The van der Waals surface area contributed by atoms with Gasteiger partial charge in [-0.3, -0.25) is 4.79 Å². The Balaban J connectivity index is 2.48. The molecule has 12 heavy (non-hydrogen) atoms. The van der Waals surface area contributed by atoms with Gasteiger partial charge in [0.2, 0.25) is 0 Å². The Kier molecular flexibility index (Phi) is 3.69. The minimum atomic E-state index is 0.0891. The molecule has 0 spiro atoms. The molecule has 0 radical (unpaired) electrons. The zero-order chi connectivity index (χ0) is 8.97. The number of carbonyl (C=O) groups excluding carboxylic acids is 1. The van der Waals surface area contributed by atoms with Crippen molar-refractivity contribution >= 4 is 5.78 Å². The first kappa shape index (κ1) is 9.68. The number of rotatable bonds is 3. The summed E-state index contributed by atoms with van der Waals surface area (Å²) in [5, 5.41) is 6.39. The number of hydrogen-bond donors (Lipinski definition) is 2. The van der Waals surface area contributed by atoms with Gasteiger partial charge in [0.15, 0.2) is 0 Å². The third kappa shape index (κ3) is 2.29. The number of nitrogens with one attached hydrogen (secondary N) is 2. The number of Topliss-reactive ketones (excluding diaryl/α,β-unsaturated/α-hetero) is 1. The van der Waals surface area contributed by atoms with Crippen molar-refractivity contribution in [1.82, 2.24) is 10.6 Å². The maximum Gasteiger partial charge on any atom is 0.147 e. The van der Waals surface area contributed by atoms with Gasteiger partial charge in [0, 0.05) is 0 Å². The fourth-order valence-electron chi connectivity index (χ4n) is 1.91. The topological polar surface area (TPSA) is 41.1 Å². The predicted molar refractivity (Wildman–Crippen MR) is 49.1 cm³/mol. The van der Waals surface area contributed by atoms with E-state index in [1.54, 1.807) is 6.92 Å². The van der Waals surface area contributed by atoms with E-state index in [0.29, 0.717) is 5.92 Å². The lowest BCUT2D eigenvalue weighted by Gasteiger charge is -2.30. The number of ketones is 1. The largest absolute Gasteiger partial charge is 0.319 e. The third-order valence-electron chi connectivity index (χ3n) is 2.49. The van der Waals surface area contributed by atoms with Gasteiger partial charge in [-0.15, -0.1) is 0 Å². The fraction of sp³-hybridized carbons (Fsp3) is 0.889. The van der Waals surface area contributed by atoms with Crippen molar-refractivity contribution in [3.05, 3.63) is 0 Å². The SMILES string of the molecule is CNCC1CCCNC1C(C)=O. The molecule has 0 amide bonds. The summed E-state index contributed by atoms with van der Waals surface area (Å²) >= 11 is 0. The second-order valence-electron chi connectivity index (χ2n) is 3.50. The molecule has 0 aliphatic carbocycles. The lowest BCUT2D eigenvalue weighted by atomic mass is 9.88. The van der Waals surface area contributed by atoms with Gasteiger partial charge in [-0.25, -0.2) is 0 Å². The summed E-state index contributed by atoms with van der Waals surface area (Å²) in [5.74, 6) is 0.760. The highest BCUT2D eigenvalue weighted by Gasteiger charge is 2.26. The van der Waals surface area contributed by atoms with Crippen molar-refractivity contribution in [3.63, 3.8) is 0 Å². The molecule has 1 aliphatic rings. The molecular weight excluding hydrogens is 152 g/mol. The van der Waals surface area contributed by atoms with Crippen LogP contribution in [0.3, 0.4) is 0 Å². The van der Waals surface area contributed by atoms with Gasteiger partial charge in [-0.05, 0) is 45.8 Å². The highest BCUT2D eigenvalue weighted by Crippen LogP contribution is 2.16. The van der Waals surface area contributed by atoms with Crippen molar-refractivity contribution in [1.29, 1.82) is 0 Å². The maximum absolute atomic E-state index is 11.2. The molecule has 1 rings (SSSR count). The van der Waals surface area contributed by atoms with Gasteiger partial charge >= 0.3 is 0 Å². The zero-order valence-corrected chi connectivity index (χ0v) is 7.89. The molecule has 0 aromatic rings. The van der Waals surface area contributed by atoms with E-state index in [4.69, 9.17) is 0 Å². The second kappa shape index (κ2) is 4.58. The Morgan fingerprint density at radius 1 is 1.67 bits per heavy atom. The molecule has 2 unspecified atom stereocenters. The van der Waals surface area contributed by atoms with E-state index in [-0.39, 0.29) is 11.8 Å². The van der Waals surface area contributed by atoms with E-state index in [1.807, 2.05) is 7.05 Å². The molecule has 0 saturated carbocycles. The standard InChI is InChI=1S/C9H18N2O/c1-7(12)9-8(6-10-2)4-3-5-11-9/h8-11H,3-6H2,1-2H3. The molecule has 3 heteroatoms. The molecular formula is C9H18N2O. The summed E-state index contributed by atoms with van der Waals surface area (Å²) < 4.78 is 0. The Morgan fingerprint density at radius 2 is 2.42 bits per heavy atom. The van der Waals surface area contributed by atoms with Crippen LogP contribution < -0.4 is 10.6 Å². The van der Waals surface area contributed by atoms with Crippen LogP contribution in [0.25, 0.3) is 0 Å². The van der Waals surface area contributed by atoms with Crippen LogP contribution in [0.15, 0.2) is 0 Å². The first-order chi connectivity index (χ1) is 5.75. The molecule has 0 aromatic heterocycles. The van der Waals surface area contributed by atoms with E-state index < -0.39 is 0 Å². The van der Waals surface area contributed by atoms with Crippen LogP contribution in [0, 0.1) is 5.92 Å². The van der Waals surface area contributed by atoms with E-state index in [0.717, 1.165) is 19.5 Å². The van der Waals surface area contributed by atoms with E-state index in [2.05, 4.69) is 10.6 Å². The van der Waals surface area contributed by atoms with Gasteiger partial charge in [0.1, 0.15) is 5.78 Å². The quantitative estimate of drug-likeness (QED) is 0.634. The lowest BCUT2D eigenvalue weighted by Crippen LogP contribution is -2.48. The maximum atomic E-state index is 11.2. The average Bonchev–Trinajstić information content (AvgIpc) is 2.05. The van der Waals surface area contributed by atoms with Crippen LogP contribution in [0.5, 0.6) is 0 Å². The summed E-state index contributed by atoms with van der Waals surface area (Å²) in [4.78, 5) is 11.2. The molecule has 70 valence electrons. The first-order valence-electron chi connectivity index (χ1n) is 4.64. The number of piperidine rings is 1. The minimum Gasteiger partial charge on any atom is -0.319 e. The Morgan fingerprint density at radius 3 is 3.00 bits per heavy atom. The second-order valence-corrected chi connectivity index (χ2v) is 3.50. The Labute approximate surface area is 73.9 Å². The van der Waals surface area contributed by atoms with Gasteiger partial charge in [-0.1, -0.05) is 0 Å². The molecule has 2 atom stereocenters. The monoisotopic (exact) mass is 170 g/mol. The first-order valence-corrected chi connectivity index (χ1v) is 4.64. The molecule has 3 nitrogen and oxygen atoms in total. The summed E-state index contributed by atoms with van der Waals surface area (Å²) in [7, 11) is 1.94. The van der Waals surface area contributed by atoms with Crippen molar-refractivity contribution in [2.45, 2.75) is 25.8 Å². The molecule has 1 fully saturated rings. The van der Waals surface area contributed by atoms with Crippen molar-refractivity contribution in [3.8, 4) is 0 Å². The Bertz CT molecular complexity index is 157. The molecule has 0 bridgehead atoms. The molecule has 2 N–H and O–H groups in total. The number of hydrogen-bond acceptors (Lipinski definition) is 3. The lowest BCUT2D eigenvalue weighted by molar-refractivity contribution is -0.120. The summed E-state index contributed by atoms with van der Waals surface area (Å²) in [6.07, 6.45) is 2.36. The van der Waals surface area contributed by atoms with Crippen LogP contribution in [-0.2, 0) is 4.79 Å². The summed E-state index contributed by atoms with van der Waals surface area (Å²) in [5.41, 5.74) is 0. The van der Waals surface area contributed by atoms with Crippen LogP contribution in [0.4, 0.5) is 0 Å². The van der Waals surface area contributed by atoms with E-state index >= 15 is 0 Å². The third-order valence-corrected chi connectivity index (χ3v) is 2.49. The average molecular weight is 170 g/mol. The minimum absolute atomic E-state index is 0.0891. The molecule has 1 saturated heterocycles. The predicted octanol–water partition coefficient (Wildman–Crippen LogP) is 0.163. The normalized spacial score (nSPS) is 30.2. The van der Waals surface area contributed by atoms with Crippen LogP contribution >= 0.6 is 0 Å². The summed E-state index contributed by atoms with van der Waals surface area (Å²) in [6, 6.07) is 0.0891. The van der Waals surface area contributed by atoms with Crippen molar-refractivity contribution < 1.29 is 4.79 Å². The van der Waals surface area contributed by atoms with Crippen LogP contribution in [0.1, 0.15) is 19.8 Å².